The first kappa shape index (κ1) is 26.5. The van der Waals surface area contributed by atoms with Crippen molar-refractivity contribution < 1.29 is 14.2 Å². The number of rotatable bonds is 7. The monoisotopic (exact) mass is 575 g/mol. The topological polar surface area (TPSA) is 71.5 Å². The predicted octanol–water partition coefficient (Wildman–Crippen LogP) is 3.30. The van der Waals surface area contributed by atoms with Crippen molar-refractivity contribution in [2.45, 2.75) is 26.9 Å². The summed E-state index contributed by atoms with van der Waals surface area (Å²) in [6.07, 6.45) is 0. The summed E-state index contributed by atoms with van der Waals surface area (Å²) in [5, 5.41) is 4.60. The second-order valence-electron chi connectivity index (χ2n) is 7.44. The molecular weight excluding hydrogens is 541 g/mol. The lowest BCUT2D eigenvalue weighted by atomic mass is 10.1. The molecule has 0 spiro atoms. The number of thiazole rings is 1. The molecule has 2 heterocycles. The Morgan fingerprint density at radius 1 is 1.06 bits per heavy atom. The molecule has 0 bridgehead atoms. The summed E-state index contributed by atoms with van der Waals surface area (Å²) < 4.78 is 16.4. The van der Waals surface area contributed by atoms with Crippen molar-refractivity contribution in [1.29, 1.82) is 0 Å². The van der Waals surface area contributed by atoms with Gasteiger partial charge < -0.3 is 24.4 Å². The van der Waals surface area contributed by atoms with E-state index in [1.807, 2.05) is 26.1 Å². The molecule has 178 valence electrons. The minimum absolute atomic E-state index is 0. The van der Waals surface area contributed by atoms with E-state index in [1.165, 1.54) is 4.88 Å². The SMILES string of the molecule is CN=C(NCc1sc(C)nc1C)N1CCN(Cc2cc(OC)c(OC)c(OC)c2)CC1.I. The van der Waals surface area contributed by atoms with Crippen LogP contribution in [0.3, 0.4) is 0 Å². The Bertz CT molecular complexity index is 888. The zero-order chi connectivity index (χ0) is 22.4. The molecule has 2 aromatic rings. The zero-order valence-corrected chi connectivity index (χ0v) is 22.9. The second kappa shape index (κ2) is 12.4. The van der Waals surface area contributed by atoms with E-state index in [0.717, 1.165) is 61.5 Å². The highest BCUT2D eigenvalue weighted by Gasteiger charge is 2.21. The molecule has 0 amide bonds. The normalized spacial score (nSPS) is 14.7. The van der Waals surface area contributed by atoms with Gasteiger partial charge in [-0.05, 0) is 31.5 Å². The number of nitrogens with zero attached hydrogens (tertiary/aromatic N) is 4. The van der Waals surface area contributed by atoms with E-state index in [-0.39, 0.29) is 24.0 Å². The fourth-order valence-electron chi connectivity index (χ4n) is 3.83. The highest BCUT2D eigenvalue weighted by atomic mass is 127. The Labute approximate surface area is 212 Å². The Morgan fingerprint density at radius 3 is 2.16 bits per heavy atom. The standard InChI is InChI=1S/C22H33N5O3S.HI/c1-15-20(31-16(2)25-15)13-24-22(23-3)27-9-7-26(8-10-27)14-17-11-18(28-4)21(30-6)19(12-17)29-5;/h11-12H,7-10,13-14H2,1-6H3,(H,23,24);1H. The van der Waals surface area contributed by atoms with Crippen LogP contribution in [0.25, 0.3) is 0 Å². The fraction of sp³-hybridized carbons (Fsp3) is 0.545. The summed E-state index contributed by atoms with van der Waals surface area (Å²) in [6.45, 7) is 9.45. The van der Waals surface area contributed by atoms with E-state index in [2.05, 4.69) is 32.0 Å². The van der Waals surface area contributed by atoms with Gasteiger partial charge in [-0.3, -0.25) is 9.89 Å². The number of aliphatic imine (C=N–C) groups is 1. The van der Waals surface area contributed by atoms with Crippen molar-refractivity contribution in [1.82, 2.24) is 20.1 Å². The van der Waals surface area contributed by atoms with Gasteiger partial charge in [-0.1, -0.05) is 0 Å². The molecule has 1 aromatic carbocycles. The Kier molecular flexibility index (Phi) is 10.3. The van der Waals surface area contributed by atoms with Gasteiger partial charge in [-0.25, -0.2) is 4.98 Å². The average Bonchev–Trinajstić information content (AvgIpc) is 3.11. The first-order valence-corrected chi connectivity index (χ1v) is 11.2. The number of ether oxygens (including phenoxy) is 3. The molecule has 0 aliphatic carbocycles. The van der Waals surface area contributed by atoms with Gasteiger partial charge in [-0.15, -0.1) is 35.3 Å². The summed E-state index contributed by atoms with van der Waals surface area (Å²) in [4.78, 5) is 15.0. The van der Waals surface area contributed by atoms with Crippen LogP contribution in [0.4, 0.5) is 0 Å². The van der Waals surface area contributed by atoms with E-state index in [0.29, 0.717) is 17.2 Å². The predicted molar refractivity (Wildman–Crippen MR) is 140 cm³/mol. The van der Waals surface area contributed by atoms with Crippen molar-refractivity contribution in [3.8, 4) is 17.2 Å². The van der Waals surface area contributed by atoms with Crippen LogP contribution in [0.2, 0.25) is 0 Å². The number of piperazine rings is 1. The quantitative estimate of drug-likeness (QED) is 0.309. The molecule has 32 heavy (non-hydrogen) atoms. The van der Waals surface area contributed by atoms with E-state index >= 15 is 0 Å². The van der Waals surface area contributed by atoms with Crippen LogP contribution in [0, 0.1) is 13.8 Å². The molecule has 3 rings (SSSR count). The molecule has 1 aliphatic heterocycles. The van der Waals surface area contributed by atoms with Crippen LogP contribution >= 0.6 is 35.3 Å². The van der Waals surface area contributed by atoms with Crippen LogP contribution < -0.4 is 19.5 Å². The molecule has 8 nitrogen and oxygen atoms in total. The second-order valence-corrected chi connectivity index (χ2v) is 8.73. The van der Waals surface area contributed by atoms with Crippen molar-refractivity contribution in [2.24, 2.45) is 4.99 Å². The van der Waals surface area contributed by atoms with Crippen LogP contribution in [0.5, 0.6) is 17.2 Å². The van der Waals surface area contributed by atoms with E-state index in [4.69, 9.17) is 14.2 Å². The molecule has 1 saturated heterocycles. The van der Waals surface area contributed by atoms with Gasteiger partial charge in [0.15, 0.2) is 17.5 Å². The molecule has 1 N–H and O–H groups in total. The maximum absolute atomic E-state index is 5.49. The summed E-state index contributed by atoms with van der Waals surface area (Å²) >= 11 is 1.74. The number of aromatic nitrogens is 1. The highest BCUT2D eigenvalue weighted by Crippen LogP contribution is 2.38. The van der Waals surface area contributed by atoms with Crippen molar-refractivity contribution in [2.75, 3.05) is 54.6 Å². The molecule has 0 radical (unpaired) electrons. The van der Waals surface area contributed by atoms with E-state index in [1.54, 1.807) is 32.7 Å². The van der Waals surface area contributed by atoms with Crippen molar-refractivity contribution in [3.63, 3.8) is 0 Å². The fourth-order valence-corrected chi connectivity index (χ4v) is 4.71. The van der Waals surface area contributed by atoms with Gasteiger partial charge in [0, 0.05) is 44.6 Å². The average molecular weight is 576 g/mol. The molecule has 1 fully saturated rings. The summed E-state index contributed by atoms with van der Waals surface area (Å²) in [5.41, 5.74) is 2.24. The van der Waals surface area contributed by atoms with Gasteiger partial charge in [0.2, 0.25) is 5.75 Å². The van der Waals surface area contributed by atoms with E-state index < -0.39 is 0 Å². The number of hydrogen-bond acceptors (Lipinski definition) is 7. The maximum Gasteiger partial charge on any atom is 0.203 e. The Balaban J connectivity index is 0.00000363. The van der Waals surface area contributed by atoms with Crippen molar-refractivity contribution in [3.05, 3.63) is 33.3 Å². The van der Waals surface area contributed by atoms with Gasteiger partial charge in [0.1, 0.15) is 0 Å². The summed E-state index contributed by atoms with van der Waals surface area (Å²) in [6, 6.07) is 4.04. The van der Waals surface area contributed by atoms with Crippen LogP contribution in [-0.4, -0.2) is 75.3 Å². The largest absolute Gasteiger partial charge is 0.493 e. The smallest absolute Gasteiger partial charge is 0.203 e. The minimum Gasteiger partial charge on any atom is -0.493 e. The number of methoxy groups -OCH3 is 3. The number of halogens is 1. The van der Waals surface area contributed by atoms with Gasteiger partial charge >= 0.3 is 0 Å². The third kappa shape index (κ3) is 6.38. The first-order chi connectivity index (χ1) is 15.0. The number of hydrogen-bond donors (Lipinski definition) is 1. The highest BCUT2D eigenvalue weighted by molar-refractivity contribution is 14.0. The number of benzene rings is 1. The van der Waals surface area contributed by atoms with Gasteiger partial charge in [-0.2, -0.15) is 0 Å². The number of aryl methyl sites for hydroxylation is 2. The Hall–Kier alpha value is -1.79. The van der Waals surface area contributed by atoms with E-state index in [9.17, 15) is 0 Å². The lowest BCUT2D eigenvalue weighted by Gasteiger charge is -2.36. The molecule has 1 aromatic heterocycles. The lowest BCUT2D eigenvalue weighted by molar-refractivity contribution is 0.172. The summed E-state index contributed by atoms with van der Waals surface area (Å²) in [7, 11) is 6.76. The summed E-state index contributed by atoms with van der Waals surface area (Å²) in [5.74, 6) is 2.94. The maximum atomic E-state index is 5.49. The van der Waals surface area contributed by atoms with Crippen LogP contribution in [-0.2, 0) is 13.1 Å². The molecule has 10 heteroatoms. The zero-order valence-electron chi connectivity index (χ0n) is 19.7. The molecule has 1 aliphatic rings. The van der Waals surface area contributed by atoms with Crippen LogP contribution in [0.1, 0.15) is 21.1 Å². The van der Waals surface area contributed by atoms with Gasteiger partial charge in [0.25, 0.3) is 0 Å². The van der Waals surface area contributed by atoms with Gasteiger partial charge in [0.05, 0.1) is 38.6 Å². The van der Waals surface area contributed by atoms with Crippen LogP contribution in [0.15, 0.2) is 17.1 Å². The minimum atomic E-state index is 0. The molecule has 0 saturated carbocycles. The van der Waals surface area contributed by atoms with Crippen molar-refractivity contribution >= 4 is 41.3 Å². The lowest BCUT2D eigenvalue weighted by Crippen LogP contribution is -2.52. The Morgan fingerprint density at radius 2 is 1.69 bits per heavy atom. The third-order valence-electron chi connectivity index (χ3n) is 5.42. The number of nitrogens with one attached hydrogen (secondary N) is 1. The first-order valence-electron chi connectivity index (χ1n) is 10.4. The number of guanidine groups is 1. The molecule has 0 atom stereocenters. The molecular formula is C22H34IN5O3S. The third-order valence-corrected chi connectivity index (χ3v) is 6.49. The molecule has 0 unspecified atom stereocenters.